The molecule has 0 aromatic carbocycles. The predicted octanol–water partition coefficient (Wildman–Crippen LogP) is -0.00230. The zero-order valence-corrected chi connectivity index (χ0v) is 8.33. The van der Waals surface area contributed by atoms with Crippen molar-refractivity contribution in [2.45, 2.75) is 38.5 Å². The lowest BCUT2D eigenvalue weighted by molar-refractivity contribution is -0.150. The molecule has 2 rings (SSSR count). The topological polar surface area (TPSA) is 90.1 Å². The number of nitrogens with zero attached hydrogens (tertiary/aromatic N) is 4. The number of tetrazole rings is 1. The summed E-state index contributed by atoms with van der Waals surface area (Å²) in [6.45, 7) is 1.62. The summed E-state index contributed by atoms with van der Waals surface area (Å²) in [6, 6.07) is 0.374. The van der Waals surface area contributed by atoms with Crippen molar-refractivity contribution in [3.63, 3.8) is 0 Å². The van der Waals surface area contributed by atoms with Crippen molar-refractivity contribution in [3.05, 3.63) is 5.82 Å². The zero-order chi connectivity index (χ0) is 10.8. The molecular weight excluding hydrogens is 200 g/mol. The molecule has 0 spiro atoms. The lowest BCUT2D eigenvalue weighted by Crippen LogP contribution is -2.20. The smallest absolute Gasteiger partial charge is 0.332 e. The number of carboxylic acid groups (broad SMARTS) is 1. The van der Waals surface area contributed by atoms with Gasteiger partial charge < -0.3 is 9.84 Å². The van der Waals surface area contributed by atoms with Gasteiger partial charge in [-0.25, -0.2) is 9.48 Å². The molecule has 1 heterocycles. The van der Waals surface area contributed by atoms with Gasteiger partial charge >= 0.3 is 5.97 Å². The largest absolute Gasteiger partial charge is 0.479 e. The van der Waals surface area contributed by atoms with E-state index >= 15 is 0 Å². The Morgan fingerprint density at radius 3 is 3.07 bits per heavy atom. The maximum absolute atomic E-state index is 10.5. The number of hydrogen-bond acceptors (Lipinski definition) is 5. The summed E-state index contributed by atoms with van der Waals surface area (Å²) in [5.74, 6) is -0.397. The second-order valence-corrected chi connectivity index (χ2v) is 3.56. The second-order valence-electron chi connectivity index (χ2n) is 3.56. The SMILES string of the molecule is C[C@@H](OCc1nnnn1C1CC1)C(=O)O. The molecule has 82 valence electrons. The van der Waals surface area contributed by atoms with Gasteiger partial charge in [-0.15, -0.1) is 5.10 Å². The lowest BCUT2D eigenvalue weighted by atomic mass is 10.4. The average Bonchev–Trinajstić information content (AvgIpc) is 2.94. The minimum Gasteiger partial charge on any atom is -0.479 e. The normalized spacial score (nSPS) is 17.7. The number of carboxylic acids is 1. The minimum absolute atomic E-state index is 0.136. The number of aliphatic carboxylic acids is 1. The zero-order valence-electron chi connectivity index (χ0n) is 8.33. The first-order valence-electron chi connectivity index (χ1n) is 4.79. The van der Waals surface area contributed by atoms with Crippen LogP contribution in [-0.4, -0.2) is 37.4 Å². The molecule has 0 aliphatic heterocycles. The van der Waals surface area contributed by atoms with Crippen LogP contribution in [0.25, 0.3) is 0 Å². The molecule has 1 aliphatic carbocycles. The van der Waals surface area contributed by atoms with E-state index < -0.39 is 12.1 Å². The maximum atomic E-state index is 10.5. The summed E-state index contributed by atoms with van der Waals surface area (Å²) in [6.07, 6.45) is 1.31. The number of carbonyl (C=O) groups is 1. The Morgan fingerprint density at radius 2 is 2.47 bits per heavy atom. The van der Waals surface area contributed by atoms with Crippen LogP contribution in [0.5, 0.6) is 0 Å². The van der Waals surface area contributed by atoms with Crippen LogP contribution in [0.4, 0.5) is 0 Å². The van der Waals surface area contributed by atoms with Gasteiger partial charge in [0.15, 0.2) is 11.9 Å². The van der Waals surface area contributed by atoms with Gasteiger partial charge in [0.1, 0.15) is 6.61 Å². The monoisotopic (exact) mass is 212 g/mol. The van der Waals surface area contributed by atoms with E-state index in [9.17, 15) is 4.79 Å². The van der Waals surface area contributed by atoms with Crippen LogP contribution in [0.2, 0.25) is 0 Å². The predicted molar refractivity (Wildman–Crippen MR) is 48.0 cm³/mol. The van der Waals surface area contributed by atoms with E-state index in [-0.39, 0.29) is 6.61 Å². The van der Waals surface area contributed by atoms with Crippen molar-refractivity contribution in [1.29, 1.82) is 0 Å². The van der Waals surface area contributed by atoms with Crippen molar-refractivity contribution in [1.82, 2.24) is 20.2 Å². The molecule has 1 atom stereocenters. The van der Waals surface area contributed by atoms with E-state index in [0.717, 1.165) is 12.8 Å². The Kier molecular flexibility index (Phi) is 2.63. The second kappa shape index (κ2) is 3.93. The first-order valence-corrected chi connectivity index (χ1v) is 4.79. The van der Waals surface area contributed by atoms with Crippen molar-refractivity contribution >= 4 is 5.97 Å². The van der Waals surface area contributed by atoms with E-state index in [1.165, 1.54) is 6.92 Å². The number of rotatable bonds is 5. The highest BCUT2D eigenvalue weighted by molar-refractivity contribution is 5.71. The van der Waals surface area contributed by atoms with E-state index in [1.807, 2.05) is 0 Å². The van der Waals surface area contributed by atoms with Crippen molar-refractivity contribution in [2.75, 3.05) is 0 Å². The van der Waals surface area contributed by atoms with E-state index in [0.29, 0.717) is 11.9 Å². The lowest BCUT2D eigenvalue weighted by Gasteiger charge is -2.07. The molecule has 1 N–H and O–H groups in total. The molecule has 0 radical (unpaired) electrons. The Balaban J connectivity index is 1.92. The molecule has 1 aromatic rings. The quantitative estimate of drug-likeness (QED) is 0.738. The number of hydrogen-bond donors (Lipinski definition) is 1. The first-order chi connectivity index (χ1) is 7.18. The molecule has 0 amide bonds. The van der Waals surface area contributed by atoms with Crippen molar-refractivity contribution < 1.29 is 14.6 Å². The minimum atomic E-state index is -0.986. The summed E-state index contributed by atoms with van der Waals surface area (Å²) in [7, 11) is 0. The van der Waals surface area contributed by atoms with Crippen molar-refractivity contribution in [3.8, 4) is 0 Å². The van der Waals surface area contributed by atoms with Crippen LogP contribution in [0.3, 0.4) is 0 Å². The van der Waals surface area contributed by atoms with E-state index in [1.54, 1.807) is 4.68 Å². The van der Waals surface area contributed by atoms with E-state index in [4.69, 9.17) is 9.84 Å². The summed E-state index contributed by atoms with van der Waals surface area (Å²) < 4.78 is 6.81. The van der Waals surface area contributed by atoms with Gasteiger partial charge in [-0.2, -0.15) is 0 Å². The molecule has 7 heteroatoms. The van der Waals surface area contributed by atoms with Gasteiger partial charge in [-0.05, 0) is 30.2 Å². The summed E-state index contributed by atoms with van der Waals surface area (Å²) in [4.78, 5) is 10.5. The highest BCUT2D eigenvalue weighted by Gasteiger charge is 2.28. The van der Waals surface area contributed by atoms with Crippen molar-refractivity contribution in [2.24, 2.45) is 0 Å². The fourth-order valence-corrected chi connectivity index (χ4v) is 1.18. The standard InChI is InChI=1S/C8H12N4O3/c1-5(8(13)14)15-4-7-9-10-11-12(7)6-2-3-6/h5-6H,2-4H2,1H3,(H,13,14)/t5-/m1/s1. The fraction of sp³-hybridized carbons (Fsp3) is 0.750. The van der Waals surface area contributed by atoms with Gasteiger partial charge in [0.05, 0.1) is 6.04 Å². The van der Waals surface area contributed by atoms with E-state index in [2.05, 4.69) is 15.5 Å². The van der Waals surface area contributed by atoms with Crippen LogP contribution in [-0.2, 0) is 16.1 Å². The third-order valence-electron chi connectivity index (χ3n) is 2.26. The van der Waals surface area contributed by atoms with Gasteiger partial charge in [-0.1, -0.05) is 0 Å². The van der Waals surface area contributed by atoms with Crippen LogP contribution in [0, 0.1) is 0 Å². The third-order valence-corrected chi connectivity index (χ3v) is 2.26. The molecule has 15 heavy (non-hydrogen) atoms. The highest BCUT2D eigenvalue weighted by Crippen LogP contribution is 2.34. The molecule has 0 bridgehead atoms. The Hall–Kier alpha value is -1.50. The molecule has 7 nitrogen and oxygen atoms in total. The molecule has 0 saturated heterocycles. The molecule has 1 saturated carbocycles. The van der Waals surface area contributed by atoms with Crippen LogP contribution in [0.1, 0.15) is 31.6 Å². The number of aromatic nitrogens is 4. The maximum Gasteiger partial charge on any atom is 0.332 e. The summed E-state index contributed by atoms with van der Waals surface area (Å²) in [5, 5.41) is 19.8. The molecule has 0 unspecified atom stereocenters. The Morgan fingerprint density at radius 1 is 1.73 bits per heavy atom. The third kappa shape index (κ3) is 2.30. The molecule has 1 aromatic heterocycles. The van der Waals surface area contributed by atoms with Gasteiger partial charge in [-0.3, -0.25) is 0 Å². The Bertz CT molecular complexity index is 361. The molecule has 1 aliphatic rings. The van der Waals surface area contributed by atoms with Gasteiger partial charge in [0, 0.05) is 0 Å². The van der Waals surface area contributed by atoms with Gasteiger partial charge in [0.25, 0.3) is 0 Å². The fourth-order valence-electron chi connectivity index (χ4n) is 1.18. The number of ether oxygens (including phenoxy) is 1. The highest BCUT2D eigenvalue weighted by atomic mass is 16.5. The van der Waals surface area contributed by atoms with Crippen LogP contribution < -0.4 is 0 Å². The van der Waals surface area contributed by atoms with Crippen LogP contribution >= 0.6 is 0 Å². The first kappa shape index (κ1) is 10.0. The molecule has 1 fully saturated rings. The summed E-state index contributed by atoms with van der Waals surface area (Å²) >= 11 is 0. The van der Waals surface area contributed by atoms with Gasteiger partial charge in [0.2, 0.25) is 0 Å². The Labute approximate surface area is 86.0 Å². The summed E-state index contributed by atoms with van der Waals surface area (Å²) in [5.41, 5.74) is 0. The van der Waals surface area contributed by atoms with Crippen LogP contribution in [0.15, 0.2) is 0 Å². The average molecular weight is 212 g/mol. The molecular formula is C8H12N4O3.